The number of nitrogens with one attached hydrogen (secondary N) is 1. The average Bonchev–Trinajstić information content (AvgIpc) is 2.95. The molecule has 0 saturated carbocycles. The van der Waals surface area contributed by atoms with Gasteiger partial charge in [-0.3, -0.25) is 0 Å². The smallest absolute Gasteiger partial charge is 0.243 e. The van der Waals surface area contributed by atoms with Crippen LogP contribution in [-0.2, 0) is 16.6 Å². The van der Waals surface area contributed by atoms with Crippen LogP contribution in [0.1, 0.15) is 5.56 Å². The minimum atomic E-state index is -4.01. The van der Waals surface area contributed by atoms with Gasteiger partial charge in [0, 0.05) is 11.6 Å². The molecule has 8 heteroatoms. The van der Waals surface area contributed by atoms with Crippen molar-refractivity contribution in [2.75, 3.05) is 6.79 Å². The third-order valence-corrected chi connectivity index (χ3v) is 4.74. The summed E-state index contributed by atoms with van der Waals surface area (Å²) >= 11 is 5.71. The highest BCUT2D eigenvalue weighted by Crippen LogP contribution is 2.32. The summed E-state index contributed by atoms with van der Waals surface area (Å²) in [4.78, 5) is -0.485. The van der Waals surface area contributed by atoms with Gasteiger partial charge in [0.15, 0.2) is 11.5 Å². The molecule has 0 bridgehead atoms. The molecular formula is C14H11ClFNO4S. The van der Waals surface area contributed by atoms with Crippen molar-refractivity contribution >= 4 is 21.6 Å². The number of fused-ring (bicyclic) bond motifs is 1. The molecule has 0 fully saturated rings. The highest BCUT2D eigenvalue weighted by atomic mass is 35.5. The molecule has 1 aliphatic heterocycles. The van der Waals surface area contributed by atoms with Crippen LogP contribution in [0.15, 0.2) is 41.3 Å². The van der Waals surface area contributed by atoms with E-state index in [1.54, 1.807) is 18.2 Å². The van der Waals surface area contributed by atoms with E-state index >= 15 is 0 Å². The molecule has 5 nitrogen and oxygen atoms in total. The summed E-state index contributed by atoms with van der Waals surface area (Å²) in [5.74, 6) is 0.292. The minimum absolute atomic E-state index is 0.00900. The Morgan fingerprint density at radius 3 is 2.73 bits per heavy atom. The van der Waals surface area contributed by atoms with E-state index in [9.17, 15) is 12.8 Å². The number of hydrogen-bond acceptors (Lipinski definition) is 4. The maximum absolute atomic E-state index is 13.7. The molecule has 1 N–H and O–H groups in total. The van der Waals surface area contributed by atoms with Crippen LogP contribution in [0.3, 0.4) is 0 Å². The van der Waals surface area contributed by atoms with Gasteiger partial charge < -0.3 is 9.47 Å². The van der Waals surface area contributed by atoms with Gasteiger partial charge in [-0.2, -0.15) is 0 Å². The summed E-state index contributed by atoms with van der Waals surface area (Å²) in [6.45, 7) is 0.128. The van der Waals surface area contributed by atoms with Crippen molar-refractivity contribution in [3.05, 3.63) is 52.8 Å². The number of rotatable bonds is 4. The van der Waals surface area contributed by atoms with Crippen LogP contribution in [-0.4, -0.2) is 15.2 Å². The topological polar surface area (TPSA) is 64.6 Å². The van der Waals surface area contributed by atoms with Crippen LogP contribution >= 0.6 is 11.6 Å². The Morgan fingerprint density at radius 2 is 1.91 bits per heavy atom. The minimum Gasteiger partial charge on any atom is -0.454 e. The number of sulfonamides is 1. The van der Waals surface area contributed by atoms with Crippen LogP contribution < -0.4 is 14.2 Å². The zero-order chi connectivity index (χ0) is 15.7. The zero-order valence-corrected chi connectivity index (χ0v) is 12.7. The molecule has 2 aromatic carbocycles. The Balaban J connectivity index is 1.79. The predicted octanol–water partition coefficient (Wildman–Crippen LogP) is 2.69. The molecule has 3 rings (SSSR count). The first kappa shape index (κ1) is 15.1. The molecule has 0 unspecified atom stereocenters. The maximum atomic E-state index is 13.7. The molecule has 116 valence electrons. The molecule has 0 radical (unpaired) electrons. The second kappa shape index (κ2) is 5.75. The van der Waals surface area contributed by atoms with E-state index in [1.165, 1.54) is 6.07 Å². The van der Waals surface area contributed by atoms with Gasteiger partial charge in [-0.15, -0.1) is 0 Å². The van der Waals surface area contributed by atoms with Crippen LogP contribution in [0.4, 0.5) is 4.39 Å². The van der Waals surface area contributed by atoms with Gasteiger partial charge in [-0.1, -0.05) is 17.7 Å². The Morgan fingerprint density at radius 1 is 1.14 bits per heavy atom. The summed E-state index contributed by atoms with van der Waals surface area (Å²) < 4.78 is 50.7. The molecule has 0 saturated heterocycles. The maximum Gasteiger partial charge on any atom is 0.243 e. The number of hydrogen-bond donors (Lipinski definition) is 1. The van der Waals surface area contributed by atoms with E-state index in [0.29, 0.717) is 17.1 Å². The van der Waals surface area contributed by atoms with Crippen molar-refractivity contribution < 1.29 is 22.3 Å². The van der Waals surface area contributed by atoms with E-state index in [4.69, 9.17) is 21.1 Å². The third kappa shape index (κ3) is 3.01. The second-order valence-corrected chi connectivity index (χ2v) is 6.76. The lowest BCUT2D eigenvalue weighted by Crippen LogP contribution is -2.24. The molecule has 0 amide bonds. The van der Waals surface area contributed by atoms with Gasteiger partial charge in [-0.05, 0) is 35.9 Å². The first-order valence-electron chi connectivity index (χ1n) is 6.29. The van der Waals surface area contributed by atoms with Gasteiger partial charge in [0.2, 0.25) is 16.8 Å². The lowest BCUT2D eigenvalue weighted by atomic mass is 10.2. The first-order chi connectivity index (χ1) is 10.5. The van der Waals surface area contributed by atoms with E-state index in [2.05, 4.69) is 4.72 Å². The first-order valence-corrected chi connectivity index (χ1v) is 8.15. The molecule has 0 aliphatic carbocycles. The van der Waals surface area contributed by atoms with Crippen LogP contribution in [0.5, 0.6) is 11.5 Å². The quantitative estimate of drug-likeness (QED) is 0.927. The Hall–Kier alpha value is -1.83. The predicted molar refractivity (Wildman–Crippen MR) is 78.0 cm³/mol. The number of ether oxygens (including phenoxy) is 2. The molecule has 2 aromatic rings. The molecule has 1 aliphatic rings. The molecular weight excluding hydrogens is 333 g/mol. The summed E-state index contributed by atoms with van der Waals surface area (Å²) in [5, 5.41) is 0.143. The molecule has 0 aromatic heterocycles. The highest BCUT2D eigenvalue weighted by molar-refractivity contribution is 7.89. The average molecular weight is 344 g/mol. The van der Waals surface area contributed by atoms with Crippen molar-refractivity contribution in [2.24, 2.45) is 0 Å². The van der Waals surface area contributed by atoms with Gasteiger partial charge in [0.25, 0.3) is 0 Å². The Bertz CT molecular complexity index is 826. The molecule has 0 atom stereocenters. The van der Waals surface area contributed by atoms with E-state index in [-0.39, 0.29) is 18.4 Å². The van der Waals surface area contributed by atoms with Crippen molar-refractivity contribution in [3.8, 4) is 11.5 Å². The summed E-state index contributed by atoms with van der Waals surface area (Å²) in [6, 6.07) is 8.42. The van der Waals surface area contributed by atoms with Crippen molar-refractivity contribution in [2.45, 2.75) is 11.4 Å². The molecule has 22 heavy (non-hydrogen) atoms. The third-order valence-electron chi connectivity index (χ3n) is 3.09. The Labute approximate surface area is 131 Å². The SMILES string of the molecule is O=S(=O)(NCc1ccc2c(c1)OCO2)c1cc(Cl)ccc1F. The monoisotopic (exact) mass is 343 g/mol. The van der Waals surface area contributed by atoms with Crippen LogP contribution in [0.2, 0.25) is 5.02 Å². The summed E-state index contributed by atoms with van der Waals surface area (Å²) in [6.07, 6.45) is 0. The van der Waals surface area contributed by atoms with Crippen LogP contribution in [0, 0.1) is 5.82 Å². The van der Waals surface area contributed by atoms with Crippen molar-refractivity contribution in [1.29, 1.82) is 0 Å². The van der Waals surface area contributed by atoms with Gasteiger partial charge in [0.05, 0.1) is 0 Å². The lowest BCUT2D eigenvalue weighted by molar-refractivity contribution is 0.174. The van der Waals surface area contributed by atoms with Crippen molar-refractivity contribution in [3.63, 3.8) is 0 Å². The van der Waals surface area contributed by atoms with Gasteiger partial charge in [0.1, 0.15) is 10.7 Å². The second-order valence-electron chi connectivity index (χ2n) is 4.59. The summed E-state index contributed by atoms with van der Waals surface area (Å²) in [5.41, 5.74) is 0.662. The highest BCUT2D eigenvalue weighted by Gasteiger charge is 2.20. The van der Waals surface area contributed by atoms with Gasteiger partial charge in [-0.25, -0.2) is 17.5 Å². The summed E-state index contributed by atoms with van der Waals surface area (Å²) in [7, 11) is -4.01. The van der Waals surface area contributed by atoms with Gasteiger partial charge >= 0.3 is 0 Å². The fourth-order valence-corrected chi connectivity index (χ4v) is 3.35. The van der Waals surface area contributed by atoms with E-state index in [1.807, 2.05) is 0 Å². The lowest BCUT2D eigenvalue weighted by Gasteiger charge is -2.08. The molecule has 1 heterocycles. The van der Waals surface area contributed by atoms with Crippen molar-refractivity contribution in [1.82, 2.24) is 4.72 Å². The molecule has 0 spiro atoms. The standard InChI is InChI=1S/C14H11ClFNO4S/c15-10-2-3-11(16)14(6-10)22(18,19)17-7-9-1-4-12-13(5-9)21-8-20-12/h1-6,17H,7-8H2. The number of benzene rings is 2. The normalized spacial score (nSPS) is 13.4. The fraction of sp³-hybridized carbons (Fsp3) is 0.143. The van der Waals surface area contributed by atoms with E-state index < -0.39 is 20.7 Å². The largest absolute Gasteiger partial charge is 0.454 e. The zero-order valence-electron chi connectivity index (χ0n) is 11.2. The van der Waals surface area contributed by atoms with E-state index in [0.717, 1.165) is 12.1 Å². The fourth-order valence-electron chi connectivity index (χ4n) is 1.99. The Kier molecular flexibility index (Phi) is 3.94. The van der Waals surface area contributed by atoms with Crippen LogP contribution in [0.25, 0.3) is 0 Å². The number of halogens is 2.